The molecule has 0 saturated heterocycles. The monoisotopic (exact) mass is 285 g/mol. The highest BCUT2D eigenvalue weighted by Gasteiger charge is 2.25. The van der Waals surface area contributed by atoms with E-state index in [9.17, 15) is 4.79 Å². The summed E-state index contributed by atoms with van der Waals surface area (Å²) < 4.78 is 10.2. The number of hydrogen-bond acceptors (Lipinski definition) is 3. The van der Waals surface area contributed by atoms with Crippen LogP contribution < -0.4 is 9.15 Å². The van der Waals surface area contributed by atoms with Crippen LogP contribution in [0.3, 0.4) is 0 Å². The Balaban J connectivity index is 2.44. The molecule has 0 fully saturated rings. The van der Waals surface area contributed by atoms with E-state index in [0.29, 0.717) is 6.54 Å². The molecule has 0 spiro atoms. The minimum absolute atomic E-state index is 0.0891. The highest BCUT2D eigenvalue weighted by Crippen LogP contribution is 2.28. The van der Waals surface area contributed by atoms with Crippen LogP contribution in [-0.4, -0.2) is 19.6 Å². The van der Waals surface area contributed by atoms with E-state index in [2.05, 4.69) is 21.6 Å². The van der Waals surface area contributed by atoms with E-state index in [4.69, 9.17) is 8.57 Å². The number of nitrogens with one attached hydrogen (secondary N) is 1. The SMILES string of the molecule is COC1C(=O)NCCc2cc(OBr)ccc21. The first-order chi connectivity index (χ1) is 7.76. The Labute approximate surface area is 102 Å². The minimum Gasteiger partial charge on any atom is -0.418 e. The fourth-order valence-corrected chi connectivity index (χ4v) is 2.09. The van der Waals surface area contributed by atoms with Crippen molar-refractivity contribution in [2.45, 2.75) is 12.5 Å². The molecule has 0 saturated carbocycles. The average Bonchev–Trinajstić information content (AvgIpc) is 2.46. The van der Waals surface area contributed by atoms with Crippen molar-refractivity contribution in [2.24, 2.45) is 0 Å². The molecule has 0 aliphatic carbocycles. The summed E-state index contributed by atoms with van der Waals surface area (Å²) in [6, 6.07) is 5.58. The Hall–Kier alpha value is -1.07. The number of benzene rings is 1. The number of hydrogen-bond donors (Lipinski definition) is 1. The van der Waals surface area contributed by atoms with Gasteiger partial charge < -0.3 is 13.9 Å². The molecule has 1 unspecified atom stereocenters. The highest BCUT2D eigenvalue weighted by molar-refractivity contribution is 9.06. The lowest BCUT2D eigenvalue weighted by Gasteiger charge is -2.14. The predicted octanol–water partition coefficient (Wildman–Crippen LogP) is 1.74. The van der Waals surface area contributed by atoms with Crippen LogP contribution in [0.15, 0.2) is 18.2 Å². The molecule has 86 valence electrons. The second-order valence-electron chi connectivity index (χ2n) is 3.59. The molecule has 1 aliphatic rings. The maximum atomic E-state index is 11.7. The van der Waals surface area contributed by atoms with Gasteiger partial charge in [-0.15, -0.1) is 0 Å². The fourth-order valence-electron chi connectivity index (χ4n) is 1.89. The van der Waals surface area contributed by atoms with E-state index in [-0.39, 0.29) is 5.91 Å². The van der Waals surface area contributed by atoms with Gasteiger partial charge in [0.15, 0.2) is 22.4 Å². The number of carbonyl (C=O) groups excluding carboxylic acids is 1. The normalized spacial score (nSPS) is 19.6. The second-order valence-corrected chi connectivity index (χ2v) is 3.92. The summed E-state index contributed by atoms with van der Waals surface area (Å²) in [4.78, 5) is 11.7. The van der Waals surface area contributed by atoms with Gasteiger partial charge in [-0.3, -0.25) is 4.79 Å². The molecule has 16 heavy (non-hydrogen) atoms. The van der Waals surface area contributed by atoms with Crippen molar-refractivity contribution in [3.63, 3.8) is 0 Å². The summed E-state index contributed by atoms with van der Waals surface area (Å²) in [5.41, 5.74) is 1.98. The molecule has 2 rings (SSSR count). The predicted molar refractivity (Wildman–Crippen MR) is 62.5 cm³/mol. The first kappa shape index (κ1) is 11.4. The van der Waals surface area contributed by atoms with Gasteiger partial charge in [-0.2, -0.15) is 0 Å². The molecule has 1 N–H and O–H groups in total. The van der Waals surface area contributed by atoms with Crippen LogP contribution in [0.25, 0.3) is 0 Å². The Bertz CT molecular complexity index is 408. The molecule has 4 nitrogen and oxygen atoms in total. The Morgan fingerprint density at radius 2 is 2.31 bits per heavy atom. The molecular formula is C11H12BrNO3. The van der Waals surface area contributed by atoms with Gasteiger partial charge in [-0.05, 0) is 29.7 Å². The number of halogens is 1. The van der Waals surface area contributed by atoms with Crippen molar-refractivity contribution >= 4 is 22.2 Å². The lowest BCUT2D eigenvalue weighted by molar-refractivity contribution is -0.131. The van der Waals surface area contributed by atoms with Crippen LogP contribution in [0.4, 0.5) is 0 Å². The zero-order chi connectivity index (χ0) is 11.5. The molecule has 5 heteroatoms. The molecular weight excluding hydrogens is 274 g/mol. The average molecular weight is 286 g/mol. The van der Waals surface area contributed by atoms with Crippen molar-refractivity contribution < 1.29 is 13.4 Å². The van der Waals surface area contributed by atoms with Gasteiger partial charge in [0, 0.05) is 13.7 Å². The highest BCUT2D eigenvalue weighted by atomic mass is 79.9. The Morgan fingerprint density at radius 3 is 3.00 bits per heavy atom. The van der Waals surface area contributed by atoms with E-state index >= 15 is 0 Å². The topological polar surface area (TPSA) is 47.6 Å². The van der Waals surface area contributed by atoms with Crippen molar-refractivity contribution in [1.82, 2.24) is 5.32 Å². The number of carbonyl (C=O) groups is 1. The summed E-state index contributed by atoms with van der Waals surface area (Å²) in [6.45, 7) is 0.622. The van der Waals surface area contributed by atoms with E-state index in [1.165, 1.54) is 7.11 Å². The van der Waals surface area contributed by atoms with Crippen LogP contribution in [0.2, 0.25) is 0 Å². The minimum atomic E-state index is -0.526. The first-order valence-electron chi connectivity index (χ1n) is 4.98. The van der Waals surface area contributed by atoms with Crippen molar-refractivity contribution in [3.05, 3.63) is 29.3 Å². The molecule has 1 atom stereocenters. The van der Waals surface area contributed by atoms with Gasteiger partial charge in [-0.25, -0.2) is 0 Å². The van der Waals surface area contributed by atoms with Crippen LogP contribution in [-0.2, 0) is 16.0 Å². The maximum Gasteiger partial charge on any atom is 0.253 e. The smallest absolute Gasteiger partial charge is 0.253 e. The standard InChI is InChI=1S/C11H12BrNO3/c1-15-10-9-3-2-8(16-12)6-7(9)4-5-13-11(10)14/h2-3,6,10H,4-5H2,1H3,(H,13,14). The van der Waals surface area contributed by atoms with Crippen LogP contribution in [0, 0.1) is 0 Å². The summed E-state index contributed by atoms with van der Waals surface area (Å²) in [6.07, 6.45) is 0.257. The Morgan fingerprint density at radius 1 is 1.50 bits per heavy atom. The number of fused-ring (bicyclic) bond motifs is 1. The Kier molecular flexibility index (Phi) is 3.46. The number of rotatable bonds is 2. The lowest BCUT2D eigenvalue weighted by Crippen LogP contribution is -2.29. The third-order valence-corrected chi connectivity index (χ3v) is 3.03. The third kappa shape index (κ3) is 2.05. The molecule has 1 amide bonds. The van der Waals surface area contributed by atoms with Crippen molar-refractivity contribution in [2.75, 3.05) is 13.7 Å². The van der Waals surface area contributed by atoms with E-state index < -0.39 is 6.10 Å². The van der Waals surface area contributed by atoms with Crippen molar-refractivity contribution in [3.8, 4) is 5.75 Å². The van der Waals surface area contributed by atoms with Gasteiger partial charge >= 0.3 is 0 Å². The molecule has 1 aromatic carbocycles. The van der Waals surface area contributed by atoms with Crippen LogP contribution in [0.5, 0.6) is 5.75 Å². The van der Waals surface area contributed by atoms with Crippen molar-refractivity contribution in [1.29, 1.82) is 0 Å². The summed E-state index contributed by atoms with van der Waals surface area (Å²) in [5.74, 6) is 0.636. The summed E-state index contributed by atoms with van der Waals surface area (Å²) >= 11 is 2.94. The molecule has 0 aromatic heterocycles. The van der Waals surface area contributed by atoms with Gasteiger partial charge in [0.05, 0.1) is 0 Å². The number of amides is 1. The third-order valence-electron chi connectivity index (χ3n) is 2.65. The van der Waals surface area contributed by atoms with E-state index in [0.717, 1.165) is 23.3 Å². The maximum absolute atomic E-state index is 11.7. The fraction of sp³-hybridized carbons (Fsp3) is 0.364. The van der Waals surface area contributed by atoms with Gasteiger partial charge in [-0.1, -0.05) is 6.07 Å². The van der Waals surface area contributed by atoms with Crippen LogP contribution >= 0.6 is 16.3 Å². The quantitative estimate of drug-likeness (QED) is 0.900. The van der Waals surface area contributed by atoms with Crippen LogP contribution in [0.1, 0.15) is 17.2 Å². The molecule has 1 heterocycles. The van der Waals surface area contributed by atoms with Gasteiger partial charge in [0.2, 0.25) is 0 Å². The lowest BCUT2D eigenvalue weighted by atomic mass is 10.0. The number of methoxy groups -OCH3 is 1. The molecule has 1 aromatic rings. The zero-order valence-electron chi connectivity index (χ0n) is 8.83. The molecule has 0 bridgehead atoms. The molecule has 0 radical (unpaired) electrons. The number of ether oxygens (including phenoxy) is 1. The largest absolute Gasteiger partial charge is 0.418 e. The summed E-state index contributed by atoms with van der Waals surface area (Å²) in [5, 5.41) is 2.81. The van der Waals surface area contributed by atoms with E-state index in [1.807, 2.05) is 12.1 Å². The first-order valence-corrected chi connectivity index (χ1v) is 5.63. The summed E-state index contributed by atoms with van der Waals surface area (Å²) in [7, 11) is 1.54. The zero-order valence-corrected chi connectivity index (χ0v) is 10.4. The van der Waals surface area contributed by atoms with Gasteiger partial charge in [0.25, 0.3) is 5.91 Å². The second kappa shape index (κ2) is 4.84. The van der Waals surface area contributed by atoms with Gasteiger partial charge in [0.1, 0.15) is 5.75 Å². The van der Waals surface area contributed by atoms with E-state index in [1.54, 1.807) is 6.07 Å². The molecule has 1 aliphatic heterocycles.